The lowest BCUT2D eigenvalue weighted by atomic mass is 10.1. The van der Waals surface area contributed by atoms with Crippen LogP contribution in [-0.4, -0.2) is 16.6 Å². The fraction of sp³-hybridized carbons (Fsp3) is 0.364. The summed E-state index contributed by atoms with van der Waals surface area (Å²) >= 11 is 11.7. The maximum atomic E-state index is 10.9. The van der Waals surface area contributed by atoms with E-state index in [9.17, 15) is 4.79 Å². The summed E-state index contributed by atoms with van der Waals surface area (Å²) in [7, 11) is 0. The number of carboxylic acids is 1. The second kappa shape index (κ2) is 5.04. The van der Waals surface area contributed by atoms with Crippen LogP contribution in [0.2, 0.25) is 10.0 Å². The van der Waals surface area contributed by atoms with Crippen LogP contribution >= 0.6 is 23.2 Å². The van der Waals surface area contributed by atoms with Crippen molar-refractivity contribution in [3.63, 3.8) is 0 Å². The number of hydrogen-bond donors (Lipinski definition) is 2. The highest BCUT2D eigenvalue weighted by Gasteiger charge is 2.26. The highest BCUT2D eigenvalue weighted by Crippen LogP contribution is 2.21. The van der Waals surface area contributed by atoms with E-state index in [0.717, 1.165) is 5.56 Å². The number of rotatable bonds is 4. The van der Waals surface area contributed by atoms with Crippen molar-refractivity contribution in [3.8, 4) is 0 Å². The van der Waals surface area contributed by atoms with Crippen molar-refractivity contribution in [1.29, 1.82) is 0 Å². The Balaban J connectivity index is 2.72. The quantitative estimate of drug-likeness (QED) is 0.877. The summed E-state index contributed by atoms with van der Waals surface area (Å²) in [6.45, 7) is 3.58. The Labute approximate surface area is 104 Å². The molecule has 0 spiro atoms. The molecule has 0 saturated heterocycles. The van der Waals surface area contributed by atoms with Gasteiger partial charge in [0.2, 0.25) is 0 Å². The van der Waals surface area contributed by atoms with Gasteiger partial charge in [-0.05, 0) is 31.5 Å². The van der Waals surface area contributed by atoms with E-state index in [-0.39, 0.29) is 0 Å². The molecule has 16 heavy (non-hydrogen) atoms. The molecule has 0 heterocycles. The Morgan fingerprint density at radius 3 is 2.56 bits per heavy atom. The van der Waals surface area contributed by atoms with Gasteiger partial charge in [0, 0.05) is 16.6 Å². The normalized spacial score (nSPS) is 11.5. The summed E-state index contributed by atoms with van der Waals surface area (Å²) in [6.07, 6.45) is 0. The average molecular weight is 262 g/mol. The Morgan fingerprint density at radius 1 is 1.44 bits per heavy atom. The molecule has 0 aliphatic heterocycles. The van der Waals surface area contributed by atoms with E-state index < -0.39 is 11.5 Å². The van der Waals surface area contributed by atoms with Gasteiger partial charge in [-0.3, -0.25) is 10.1 Å². The Bertz CT molecular complexity index is 405. The zero-order valence-electron chi connectivity index (χ0n) is 9.05. The third-order valence-electron chi connectivity index (χ3n) is 2.27. The van der Waals surface area contributed by atoms with Crippen molar-refractivity contribution in [2.45, 2.75) is 25.9 Å². The molecule has 3 nitrogen and oxygen atoms in total. The highest BCUT2D eigenvalue weighted by atomic mass is 35.5. The molecule has 0 saturated carbocycles. The molecule has 1 aromatic carbocycles. The zero-order valence-corrected chi connectivity index (χ0v) is 10.6. The fourth-order valence-electron chi connectivity index (χ4n) is 1.06. The predicted octanol–water partition coefficient (Wildman–Crippen LogP) is 2.95. The summed E-state index contributed by atoms with van der Waals surface area (Å²) in [5.41, 5.74) is -0.163. The van der Waals surface area contributed by atoms with Crippen LogP contribution in [0.3, 0.4) is 0 Å². The number of benzene rings is 1. The number of hydrogen-bond acceptors (Lipinski definition) is 2. The van der Waals surface area contributed by atoms with Crippen LogP contribution in [0, 0.1) is 0 Å². The third kappa shape index (κ3) is 3.37. The maximum absolute atomic E-state index is 10.9. The molecule has 0 aliphatic carbocycles. The van der Waals surface area contributed by atoms with Crippen LogP contribution in [0.25, 0.3) is 0 Å². The summed E-state index contributed by atoms with van der Waals surface area (Å²) in [6, 6.07) is 5.13. The Morgan fingerprint density at radius 2 is 2.06 bits per heavy atom. The van der Waals surface area contributed by atoms with Crippen LogP contribution in [0.1, 0.15) is 19.4 Å². The first-order valence-electron chi connectivity index (χ1n) is 4.75. The fourth-order valence-corrected chi connectivity index (χ4v) is 1.53. The number of carboxylic acid groups (broad SMARTS) is 1. The number of halogens is 2. The van der Waals surface area contributed by atoms with E-state index in [4.69, 9.17) is 28.3 Å². The highest BCUT2D eigenvalue weighted by molar-refractivity contribution is 6.35. The third-order valence-corrected chi connectivity index (χ3v) is 2.86. The van der Waals surface area contributed by atoms with E-state index in [0.29, 0.717) is 16.6 Å². The van der Waals surface area contributed by atoms with Gasteiger partial charge in [0.05, 0.1) is 0 Å². The minimum absolute atomic E-state index is 0.384. The molecular formula is C11H13Cl2NO2. The maximum Gasteiger partial charge on any atom is 0.323 e. The smallest absolute Gasteiger partial charge is 0.323 e. The summed E-state index contributed by atoms with van der Waals surface area (Å²) in [4.78, 5) is 10.9. The van der Waals surface area contributed by atoms with Crippen LogP contribution in [-0.2, 0) is 11.3 Å². The van der Waals surface area contributed by atoms with E-state index in [1.807, 2.05) is 0 Å². The molecule has 0 bridgehead atoms. The van der Waals surface area contributed by atoms with Gasteiger partial charge in [0.25, 0.3) is 0 Å². The molecular weight excluding hydrogens is 249 g/mol. The molecule has 0 aromatic heterocycles. The summed E-state index contributed by atoms with van der Waals surface area (Å²) in [5.74, 6) is -0.905. The predicted molar refractivity (Wildman–Crippen MR) is 65.0 cm³/mol. The van der Waals surface area contributed by atoms with Gasteiger partial charge >= 0.3 is 5.97 Å². The molecule has 0 unspecified atom stereocenters. The van der Waals surface area contributed by atoms with Crippen molar-refractivity contribution in [3.05, 3.63) is 33.8 Å². The van der Waals surface area contributed by atoms with E-state index in [1.54, 1.807) is 32.0 Å². The molecule has 5 heteroatoms. The van der Waals surface area contributed by atoms with E-state index in [1.165, 1.54) is 0 Å². The average Bonchev–Trinajstić information content (AvgIpc) is 2.16. The summed E-state index contributed by atoms with van der Waals surface area (Å²) in [5, 5.41) is 12.9. The van der Waals surface area contributed by atoms with Gasteiger partial charge < -0.3 is 5.11 Å². The Kier molecular flexibility index (Phi) is 4.19. The number of carbonyl (C=O) groups is 1. The van der Waals surface area contributed by atoms with Gasteiger partial charge in [-0.2, -0.15) is 0 Å². The minimum Gasteiger partial charge on any atom is -0.480 e. The first kappa shape index (κ1) is 13.3. The number of nitrogens with one attached hydrogen (secondary N) is 1. The summed E-state index contributed by atoms with van der Waals surface area (Å²) < 4.78 is 0. The van der Waals surface area contributed by atoms with Crippen molar-refractivity contribution >= 4 is 29.2 Å². The van der Waals surface area contributed by atoms with Gasteiger partial charge in [-0.15, -0.1) is 0 Å². The standard InChI is InChI=1S/C11H13Cl2NO2/c1-11(2,10(15)16)14-6-7-3-4-8(12)5-9(7)13/h3-5,14H,6H2,1-2H3,(H,15,16). The monoisotopic (exact) mass is 261 g/mol. The van der Waals surface area contributed by atoms with Crippen LogP contribution in [0.5, 0.6) is 0 Å². The van der Waals surface area contributed by atoms with Crippen LogP contribution in [0.15, 0.2) is 18.2 Å². The lowest BCUT2D eigenvalue weighted by Crippen LogP contribution is -2.46. The van der Waals surface area contributed by atoms with E-state index in [2.05, 4.69) is 5.32 Å². The molecule has 1 aromatic rings. The lowest BCUT2D eigenvalue weighted by molar-refractivity contribution is -0.143. The zero-order chi connectivity index (χ0) is 12.3. The Hall–Kier alpha value is -0.770. The van der Waals surface area contributed by atoms with Crippen LogP contribution < -0.4 is 5.32 Å². The van der Waals surface area contributed by atoms with Crippen molar-refractivity contribution in [1.82, 2.24) is 5.32 Å². The molecule has 0 amide bonds. The van der Waals surface area contributed by atoms with Crippen molar-refractivity contribution < 1.29 is 9.90 Å². The molecule has 0 atom stereocenters. The van der Waals surface area contributed by atoms with Gasteiger partial charge in [0.15, 0.2) is 0 Å². The molecule has 0 radical (unpaired) electrons. The topological polar surface area (TPSA) is 49.3 Å². The lowest BCUT2D eigenvalue weighted by Gasteiger charge is -2.21. The molecule has 2 N–H and O–H groups in total. The first-order valence-corrected chi connectivity index (χ1v) is 5.51. The largest absolute Gasteiger partial charge is 0.480 e. The van der Waals surface area contributed by atoms with Crippen molar-refractivity contribution in [2.24, 2.45) is 0 Å². The SMILES string of the molecule is CC(C)(NCc1ccc(Cl)cc1Cl)C(=O)O. The molecule has 0 aliphatic rings. The first-order chi connectivity index (χ1) is 7.33. The van der Waals surface area contributed by atoms with E-state index >= 15 is 0 Å². The minimum atomic E-state index is -0.983. The van der Waals surface area contributed by atoms with Crippen molar-refractivity contribution in [2.75, 3.05) is 0 Å². The molecule has 0 fully saturated rings. The molecule has 88 valence electrons. The van der Waals surface area contributed by atoms with Crippen LogP contribution in [0.4, 0.5) is 0 Å². The van der Waals surface area contributed by atoms with Gasteiger partial charge in [-0.25, -0.2) is 0 Å². The van der Waals surface area contributed by atoms with Gasteiger partial charge in [0.1, 0.15) is 5.54 Å². The second-order valence-corrected chi connectivity index (χ2v) is 4.86. The second-order valence-electron chi connectivity index (χ2n) is 4.02. The van der Waals surface area contributed by atoms with Gasteiger partial charge in [-0.1, -0.05) is 29.3 Å². The molecule has 1 rings (SSSR count). The number of aliphatic carboxylic acids is 1.